The number of rotatable bonds is 5. The van der Waals surface area contributed by atoms with E-state index in [1.807, 2.05) is 0 Å². The van der Waals surface area contributed by atoms with Gasteiger partial charge in [-0.2, -0.15) is 0 Å². The van der Waals surface area contributed by atoms with Crippen LogP contribution in [0.1, 0.15) is 6.92 Å². The topological polar surface area (TPSA) is 61.9 Å². The molecule has 1 aromatic rings. The van der Waals surface area contributed by atoms with Gasteiger partial charge in [0, 0.05) is 33.1 Å². The molecule has 1 heterocycles. The molecular weight excluding hydrogens is 270 g/mol. The van der Waals surface area contributed by atoms with Gasteiger partial charge in [0.15, 0.2) is 0 Å². The van der Waals surface area contributed by atoms with Crippen molar-refractivity contribution in [1.29, 1.82) is 0 Å². The van der Waals surface area contributed by atoms with Gasteiger partial charge in [0.05, 0.1) is 13.2 Å². The lowest BCUT2D eigenvalue weighted by Crippen LogP contribution is -2.48. The average Bonchev–Trinajstić information content (AvgIpc) is 2.69. The molecule has 2 rings (SSSR count). The summed E-state index contributed by atoms with van der Waals surface area (Å²) in [6.45, 7) is 6.13. The Labute approximate surface area is 124 Å². The Hall–Kier alpha value is -1.76. The molecule has 0 unspecified atom stereocenters. The molecule has 6 heteroatoms. The largest absolute Gasteiger partial charge is 0.379 e. The summed E-state index contributed by atoms with van der Waals surface area (Å²) >= 11 is 0. The number of nitrogens with one attached hydrogen (secondary N) is 1. The summed E-state index contributed by atoms with van der Waals surface area (Å²) in [5, 5.41) is 1.32. The highest BCUT2D eigenvalue weighted by molar-refractivity contribution is 5.90. The lowest BCUT2D eigenvalue weighted by molar-refractivity contribution is -0.117. The zero-order chi connectivity index (χ0) is 15.1. The van der Waals surface area contributed by atoms with Crippen molar-refractivity contribution in [3.63, 3.8) is 0 Å². The van der Waals surface area contributed by atoms with Crippen LogP contribution in [0.2, 0.25) is 0 Å². The van der Waals surface area contributed by atoms with Gasteiger partial charge in [-0.25, -0.2) is 10.4 Å². The molecule has 0 aliphatic carbocycles. The minimum Gasteiger partial charge on any atom is -0.379 e. The summed E-state index contributed by atoms with van der Waals surface area (Å²) in [4.78, 5) is 26.0. The van der Waals surface area contributed by atoms with Crippen molar-refractivity contribution in [3.8, 4) is 0 Å². The molecule has 1 amide bonds. The predicted molar refractivity (Wildman–Crippen MR) is 81.1 cm³/mol. The van der Waals surface area contributed by atoms with Crippen molar-refractivity contribution < 1.29 is 9.53 Å². The Balaban J connectivity index is 1.98. The molecule has 0 radical (unpaired) electrons. The number of ether oxygens (including phenoxy) is 1. The molecule has 1 aliphatic heterocycles. The van der Waals surface area contributed by atoms with Crippen LogP contribution in [0, 0.1) is 0 Å². The SMILES string of the molecule is CC(=O)N(NCCN1CCOCC1)c1cccccc1=O. The van der Waals surface area contributed by atoms with E-state index in [0.717, 1.165) is 32.8 Å². The number of hydrazine groups is 1. The van der Waals surface area contributed by atoms with E-state index in [2.05, 4.69) is 10.3 Å². The molecule has 1 fully saturated rings. The Kier molecular flexibility index (Phi) is 5.86. The second kappa shape index (κ2) is 7.87. The second-order valence-corrected chi connectivity index (χ2v) is 4.88. The van der Waals surface area contributed by atoms with E-state index in [9.17, 15) is 9.59 Å². The van der Waals surface area contributed by atoms with Crippen LogP contribution in [0.4, 0.5) is 5.69 Å². The van der Waals surface area contributed by atoms with Crippen LogP contribution in [0.15, 0.2) is 35.1 Å². The van der Waals surface area contributed by atoms with Crippen molar-refractivity contribution in [3.05, 3.63) is 40.6 Å². The lowest BCUT2D eigenvalue weighted by atomic mass is 10.4. The minimum absolute atomic E-state index is 0.186. The van der Waals surface area contributed by atoms with Crippen LogP contribution in [0.25, 0.3) is 0 Å². The number of carbonyl (C=O) groups excluding carboxylic acids is 1. The van der Waals surface area contributed by atoms with Gasteiger partial charge in [-0.05, 0) is 12.1 Å². The first kappa shape index (κ1) is 15.6. The molecule has 0 saturated carbocycles. The maximum absolute atomic E-state index is 12.0. The van der Waals surface area contributed by atoms with Gasteiger partial charge in [-0.3, -0.25) is 14.5 Å². The quantitative estimate of drug-likeness (QED) is 0.787. The highest BCUT2D eigenvalue weighted by Crippen LogP contribution is 2.04. The molecule has 1 aliphatic rings. The minimum atomic E-state index is -0.208. The Morgan fingerprint density at radius 1 is 1.29 bits per heavy atom. The van der Waals surface area contributed by atoms with E-state index in [1.165, 1.54) is 18.0 Å². The zero-order valence-electron chi connectivity index (χ0n) is 12.2. The van der Waals surface area contributed by atoms with Crippen molar-refractivity contribution in [2.24, 2.45) is 0 Å². The molecule has 0 spiro atoms. The third kappa shape index (κ3) is 4.63. The van der Waals surface area contributed by atoms with Gasteiger partial charge < -0.3 is 4.74 Å². The standard InChI is InChI=1S/C15H21N3O3/c1-13(19)18(14-5-3-2-4-6-15(14)20)16-7-8-17-9-11-21-12-10-17/h2-6,16H,7-12H2,1H3. The average molecular weight is 291 g/mol. The van der Waals surface area contributed by atoms with Crippen LogP contribution >= 0.6 is 0 Å². The fourth-order valence-electron chi connectivity index (χ4n) is 2.22. The van der Waals surface area contributed by atoms with E-state index < -0.39 is 0 Å². The Morgan fingerprint density at radius 3 is 2.71 bits per heavy atom. The van der Waals surface area contributed by atoms with Crippen LogP contribution in [0.5, 0.6) is 0 Å². The van der Waals surface area contributed by atoms with Crippen LogP contribution in [-0.2, 0) is 9.53 Å². The zero-order valence-corrected chi connectivity index (χ0v) is 12.2. The summed E-state index contributed by atoms with van der Waals surface area (Å²) in [6.07, 6.45) is 0. The van der Waals surface area contributed by atoms with E-state index in [4.69, 9.17) is 4.74 Å². The van der Waals surface area contributed by atoms with Crippen LogP contribution < -0.4 is 15.9 Å². The Morgan fingerprint density at radius 2 is 2.00 bits per heavy atom. The summed E-state index contributed by atoms with van der Waals surface area (Å²) in [5.74, 6) is -0.208. The smallest absolute Gasteiger partial charge is 0.238 e. The third-order valence-corrected chi connectivity index (χ3v) is 3.33. The summed E-state index contributed by atoms with van der Waals surface area (Å²) in [6, 6.07) is 8.27. The maximum Gasteiger partial charge on any atom is 0.238 e. The van der Waals surface area contributed by atoms with Gasteiger partial charge in [-0.15, -0.1) is 0 Å². The van der Waals surface area contributed by atoms with Gasteiger partial charge >= 0.3 is 0 Å². The lowest BCUT2D eigenvalue weighted by Gasteiger charge is -2.28. The fraction of sp³-hybridized carbons (Fsp3) is 0.467. The summed E-state index contributed by atoms with van der Waals surface area (Å²) in [7, 11) is 0. The van der Waals surface area contributed by atoms with Gasteiger partial charge in [0.25, 0.3) is 0 Å². The van der Waals surface area contributed by atoms with Crippen molar-refractivity contribution in [2.75, 3.05) is 44.4 Å². The van der Waals surface area contributed by atoms with Crippen molar-refractivity contribution in [1.82, 2.24) is 10.3 Å². The first-order chi connectivity index (χ1) is 10.2. The highest BCUT2D eigenvalue weighted by Gasteiger charge is 2.15. The second-order valence-electron chi connectivity index (χ2n) is 4.88. The van der Waals surface area contributed by atoms with Crippen LogP contribution in [0.3, 0.4) is 0 Å². The van der Waals surface area contributed by atoms with E-state index in [0.29, 0.717) is 12.2 Å². The molecule has 6 nitrogen and oxygen atoms in total. The van der Waals surface area contributed by atoms with Crippen molar-refractivity contribution in [2.45, 2.75) is 6.92 Å². The first-order valence-corrected chi connectivity index (χ1v) is 7.12. The molecule has 1 N–H and O–H groups in total. The molecule has 1 saturated heterocycles. The monoisotopic (exact) mass is 291 g/mol. The number of nitrogens with zero attached hydrogens (tertiary/aromatic N) is 2. The van der Waals surface area contributed by atoms with Crippen LogP contribution in [-0.4, -0.2) is 50.2 Å². The van der Waals surface area contributed by atoms with Gasteiger partial charge in [-0.1, -0.05) is 18.2 Å². The fourth-order valence-corrected chi connectivity index (χ4v) is 2.22. The summed E-state index contributed by atoms with van der Waals surface area (Å²) < 4.78 is 5.29. The van der Waals surface area contributed by atoms with E-state index in [1.54, 1.807) is 24.3 Å². The maximum atomic E-state index is 12.0. The molecule has 1 aromatic carbocycles. The molecule has 0 aromatic heterocycles. The number of amides is 1. The number of hydrogen-bond donors (Lipinski definition) is 1. The molecular formula is C15H21N3O3. The van der Waals surface area contributed by atoms with Crippen molar-refractivity contribution >= 4 is 11.6 Å². The van der Waals surface area contributed by atoms with E-state index in [-0.39, 0.29) is 11.3 Å². The number of hydrogen-bond acceptors (Lipinski definition) is 5. The highest BCUT2D eigenvalue weighted by atomic mass is 16.5. The number of anilines is 1. The normalized spacial score (nSPS) is 15.7. The molecule has 114 valence electrons. The number of morpholine rings is 1. The first-order valence-electron chi connectivity index (χ1n) is 7.12. The van der Waals surface area contributed by atoms with Gasteiger partial charge in [0.1, 0.15) is 5.69 Å². The van der Waals surface area contributed by atoms with Gasteiger partial charge in [0.2, 0.25) is 11.3 Å². The molecule has 21 heavy (non-hydrogen) atoms. The molecule has 0 bridgehead atoms. The Bertz CT molecular complexity index is 530. The summed E-state index contributed by atoms with van der Waals surface area (Å²) in [5.41, 5.74) is 3.19. The molecule has 0 atom stereocenters. The predicted octanol–water partition coefficient (Wildman–Crippen LogP) is 0.237. The number of carbonyl (C=O) groups is 1. The third-order valence-electron chi connectivity index (χ3n) is 3.33. The van der Waals surface area contributed by atoms with E-state index >= 15 is 0 Å².